The van der Waals surface area contributed by atoms with E-state index in [1.54, 1.807) is 56.6 Å². The Labute approximate surface area is 146 Å². The van der Waals surface area contributed by atoms with Gasteiger partial charge in [0.1, 0.15) is 12.3 Å². The van der Waals surface area contributed by atoms with Gasteiger partial charge < -0.3 is 15.0 Å². The Bertz CT molecular complexity index is 784. The van der Waals surface area contributed by atoms with Crippen LogP contribution in [0, 0.1) is 11.3 Å². The van der Waals surface area contributed by atoms with Crippen LogP contribution in [-0.4, -0.2) is 37.7 Å². The predicted molar refractivity (Wildman–Crippen MR) is 94.6 cm³/mol. The van der Waals surface area contributed by atoms with Crippen molar-refractivity contribution in [3.63, 3.8) is 0 Å². The molecule has 0 bridgehead atoms. The first-order valence-corrected chi connectivity index (χ1v) is 7.51. The summed E-state index contributed by atoms with van der Waals surface area (Å²) < 4.78 is 5.34. The standard InChI is InChI=1S/C18H18N4O3/c1-21(2)17(23)20-14-7-6-10-16(13-14)25-18(24)22(12-11-19)15-8-4-3-5-9-15/h3-10,13H,12H2,1-2H3,(H,20,23). The largest absolute Gasteiger partial charge is 0.420 e. The minimum atomic E-state index is -0.677. The topological polar surface area (TPSA) is 85.7 Å². The molecule has 7 nitrogen and oxygen atoms in total. The van der Waals surface area contributed by atoms with Crippen LogP contribution in [-0.2, 0) is 0 Å². The summed E-state index contributed by atoms with van der Waals surface area (Å²) >= 11 is 0. The van der Waals surface area contributed by atoms with Gasteiger partial charge in [0.15, 0.2) is 0 Å². The molecule has 0 aliphatic heterocycles. The number of carbonyl (C=O) groups is 2. The minimum Gasteiger partial charge on any atom is -0.410 e. The summed E-state index contributed by atoms with van der Waals surface area (Å²) in [4.78, 5) is 26.7. The molecule has 7 heteroatoms. The number of nitrogens with one attached hydrogen (secondary N) is 1. The third-order valence-electron chi connectivity index (χ3n) is 3.21. The van der Waals surface area contributed by atoms with Gasteiger partial charge in [0.25, 0.3) is 0 Å². The molecular weight excluding hydrogens is 320 g/mol. The second kappa shape index (κ2) is 8.36. The molecule has 0 aliphatic carbocycles. The summed E-state index contributed by atoms with van der Waals surface area (Å²) in [7, 11) is 3.25. The van der Waals surface area contributed by atoms with Crippen LogP contribution in [0.25, 0.3) is 0 Å². The molecule has 2 aromatic carbocycles. The Morgan fingerprint density at radius 3 is 2.48 bits per heavy atom. The zero-order valence-corrected chi connectivity index (χ0v) is 14.0. The molecule has 25 heavy (non-hydrogen) atoms. The molecule has 128 valence electrons. The lowest BCUT2D eigenvalue weighted by Crippen LogP contribution is -2.33. The van der Waals surface area contributed by atoms with E-state index in [4.69, 9.17) is 10.00 Å². The Morgan fingerprint density at radius 1 is 1.12 bits per heavy atom. The van der Waals surface area contributed by atoms with E-state index < -0.39 is 6.09 Å². The minimum absolute atomic E-state index is 0.139. The summed E-state index contributed by atoms with van der Waals surface area (Å²) in [5.41, 5.74) is 1.06. The van der Waals surface area contributed by atoms with Gasteiger partial charge in [0.2, 0.25) is 0 Å². The van der Waals surface area contributed by atoms with Gasteiger partial charge in [-0.05, 0) is 24.3 Å². The fourth-order valence-corrected chi connectivity index (χ4v) is 1.97. The highest BCUT2D eigenvalue weighted by molar-refractivity contribution is 5.91. The third-order valence-corrected chi connectivity index (χ3v) is 3.21. The highest BCUT2D eigenvalue weighted by Gasteiger charge is 2.18. The SMILES string of the molecule is CN(C)C(=O)Nc1cccc(OC(=O)N(CC#N)c2ccccc2)c1. The molecule has 0 aromatic heterocycles. The smallest absolute Gasteiger partial charge is 0.410 e. The van der Waals surface area contributed by atoms with Crippen LogP contribution in [0.5, 0.6) is 5.75 Å². The van der Waals surface area contributed by atoms with E-state index in [1.807, 2.05) is 12.1 Å². The van der Waals surface area contributed by atoms with Crippen molar-refractivity contribution < 1.29 is 14.3 Å². The lowest BCUT2D eigenvalue weighted by atomic mass is 10.3. The van der Waals surface area contributed by atoms with Gasteiger partial charge in [0, 0.05) is 31.5 Å². The van der Waals surface area contributed by atoms with Gasteiger partial charge in [-0.15, -0.1) is 0 Å². The lowest BCUT2D eigenvalue weighted by molar-refractivity contribution is 0.208. The van der Waals surface area contributed by atoms with Gasteiger partial charge >= 0.3 is 12.1 Å². The van der Waals surface area contributed by atoms with E-state index in [1.165, 1.54) is 15.9 Å². The van der Waals surface area contributed by atoms with Crippen molar-refractivity contribution in [2.45, 2.75) is 0 Å². The van der Waals surface area contributed by atoms with E-state index in [-0.39, 0.29) is 18.3 Å². The van der Waals surface area contributed by atoms with Crippen molar-refractivity contribution >= 4 is 23.5 Å². The molecule has 0 unspecified atom stereocenters. The molecule has 0 spiro atoms. The maximum absolute atomic E-state index is 12.4. The number of nitriles is 1. The number of anilines is 2. The van der Waals surface area contributed by atoms with Crippen LogP contribution in [0.2, 0.25) is 0 Å². The first-order valence-electron chi connectivity index (χ1n) is 7.51. The number of ether oxygens (including phenoxy) is 1. The monoisotopic (exact) mass is 338 g/mol. The molecule has 0 fully saturated rings. The fourth-order valence-electron chi connectivity index (χ4n) is 1.97. The van der Waals surface area contributed by atoms with Gasteiger partial charge in [-0.2, -0.15) is 5.26 Å². The zero-order valence-electron chi connectivity index (χ0n) is 14.0. The molecule has 0 atom stereocenters. The Kier molecular flexibility index (Phi) is 5.96. The highest BCUT2D eigenvalue weighted by Crippen LogP contribution is 2.20. The first kappa shape index (κ1) is 17.8. The average molecular weight is 338 g/mol. The van der Waals surface area contributed by atoms with Gasteiger partial charge in [-0.25, -0.2) is 9.59 Å². The van der Waals surface area contributed by atoms with E-state index >= 15 is 0 Å². The van der Waals surface area contributed by atoms with Crippen LogP contribution >= 0.6 is 0 Å². The van der Waals surface area contributed by atoms with E-state index in [0.717, 1.165) is 0 Å². The molecular formula is C18H18N4O3. The number of carbonyl (C=O) groups excluding carboxylic acids is 2. The quantitative estimate of drug-likeness (QED) is 0.867. The van der Waals surface area contributed by atoms with Gasteiger partial charge in [-0.3, -0.25) is 4.90 Å². The van der Waals surface area contributed by atoms with Crippen molar-refractivity contribution in [2.24, 2.45) is 0 Å². The lowest BCUT2D eigenvalue weighted by Gasteiger charge is -2.19. The first-order chi connectivity index (χ1) is 12.0. The second-order valence-electron chi connectivity index (χ2n) is 5.30. The summed E-state index contributed by atoms with van der Waals surface area (Å²) in [5.74, 6) is 0.264. The number of amides is 3. The van der Waals surface area contributed by atoms with E-state index in [9.17, 15) is 9.59 Å². The predicted octanol–water partition coefficient (Wildman–Crippen LogP) is 3.31. The van der Waals surface area contributed by atoms with Crippen molar-refractivity contribution in [3.05, 3.63) is 54.6 Å². The molecule has 1 N–H and O–H groups in total. The van der Waals surface area contributed by atoms with Gasteiger partial charge in [-0.1, -0.05) is 24.3 Å². The zero-order chi connectivity index (χ0) is 18.2. The van der Waals surface area contributed by atoms with Crippen LogP contribution in [0.1, 0.15) is 0 Å². The van der Waals surface area contributed by atoms with Gasteiger partial charge in [0.05, 0.1) is 6.07 Å². The third kappa shape index (κ3) is 4.97. The van der Waals surface area contributed by atoms with Crippen LogP contribution in [0.4, 0.5) is 21.0 Å². The van der Waals surface area contributed by atoms with E-state index in [2.05, 4.69) is 5.32 Å². The Morgan fingerprint density at radius 2 is 1.84 bits per heavy atom. The molecule has 0 aliphatic rings. The number of hydrogen-bond donors (Lipinski definition) is 1. The second-order valence-corrected chi connectivity index (χ2v) is 5.30. The number of para-hydroxylation sites is 1. The fraction of sp³-hybridized carbons (Fsp3) is 0.167. The Balaban J connectivity index is 2.13. The maximum atomic E-state index is 12.4. The van der Waals surface area contributed by atoms with Crippen molar-refractivity contribution in [1.82, 2.24) is 4.90 Å². The van der Waals surface area contributed by atoms with Crippen molar-refractivity contribution in [2.75, 3.05) is 30.9 Å². The van der Waals surface area contributed by atoms with Crippen LogP contribution in [0.3, 0.4) is 0 Å². The average Bonchev–Trinajstić information content (AvgIpc) is 2.60. The van der Waals surface area contributed by atoms with Crippen LogP contribution in [0.15, 0.2) is 54.6 Å². The normalized spacial score (nSPS) is 9.64. The number of urea groups is 1. The molecule has 2 rings (SSSR count). The summed E-state index contributed by atoms with van der Waals surface area (Å²) in [5, 5.41) is 11.6. The molecule has 0 radical (unpaired) electrons. The number of nitrogens with zero attached hydrogens (tertiary/aromatic N) is 3. The summed E-state index contributed by atoms with van der Waals surface area (Å²) in [6.45, 7) is -0.139. The number of rotatable bonds is 4. The number of hydrogen-bond acceptors (Lipinski definition) is 4. The van der Waals surface area contributed by atoms with Crippen LogP contribution < -0.4 is 15.0 Å². The highest BCUT2D eigenvalue weighted by atomic mass is 16.6. The molecule has 2 aromatic rings. The molecule has 0 saturated heterocycles. The summed E-state index contributed by atoms with van der Waals surface area (Å²) in [6, 6.07) is 16.9. The van der Waals surface area contributed by atoms with Crippen molar-refractivity contribution in [1.29, 1.82) is 5.26 Å². The summed E-state index contributed by atoms with van der Waals surface area (Å²) in [6.07, 6.45) is -0.677. The van der Waals surface area contributed by atoms with E-state index in [0.29, 0.717) is 11.4 Å². The molecule has 0 heterocycles. The number of benzene rings is 2. The molecule has 0 saturated carbocycles. The molecule has 3 amide bonds. The Hall–Kier alpha value is -3.53. The maximum Gasteiger partial charge on any atom is 0.420 e. The van der Waals surface area contributed by atoms with Crippen molar-refractivity contribution in [3.8, 4) is 11.8 Å².